The highest BCUT2D eigenvalue weighted by Crippen LogP contribution is 2.17. The van der Waals surface area contributed by atoms with Crippen molar-refractivity contribution in [3.8, 4) is 0 Å². The van der Waals surface area contributed by atoms with E-state index in [0.29, 0.717) is 6.54 Å². The van der Waals surface area contributed by atoms with Gasteiger partial charge in [0.15, 0.2) is 0 Å². The molecule has 1 saturated heterocycles. The Morgan fingerprint density at radius 1 is 1.00 bits per heavy atom. The first kappa shape index (κ1) is 20.3. The fourth-order valence-corrected chi connectivity index (χ4v) is 4.01. The molecule has 0 radical (unpaired) electrons. The minimum atomic E-state index is -0.194. The van der Waals surface area contributed by atoms with E-state index < -0.39 is 0 Å². The van der Waals surface area contributed by atoms with Gasteiger partial charge in [0.1, 0.15) is 5.82 Å². The minimum absolute atomic E-state index is 0.0242. The van der Waals surface area contributed by atoms with E-state index in [1.165, 1.54) is 17.7 Å². The maximum Gasteiger partial charge on any atom is 0.251 e. The summed E-state index contributed by atoms with van der Waals surface area (Å²) >= 11 is 0. The summed E-state index contributed by atoms with van der Waals surface area (Å²) < 4.78 is 13.1. The molecule has 0 unspecified atom stereocenters. The van der Waals surface area contributed by atoms with Gasteiger partial charge in [-0.1, -0.05) is 17.7 Å². The Morgan fingerprint density at radius 2 is 1.61 bits per heavy atom. The number of hydrogen-bond donors (Lipinski definition) is 1. The van der Waals surface area contributed by atoms with E-state index in [2.05, 4.69) is 34.2 Å². The number of rotatable bonds is 6. The third kappa shape index (κ3) is 5.10. The first-order chi connectivity index (χ1) is 13.4. The Morgan fingerprint density at radius 3 is 2.21 bits per heavy atom. The maximum absolute atomic E-state index is 13.1. The summed E-state index contributed by atoms with van der Waals surface area (Å²) in [6.45, 7) is 11.6. The van der Waals surface area contributed by atoms with Gasteiger partial charge in [-0.2, -0.15) is 0 Å². The number of carbonyl (C=O) groups is 1. The van der Waals surface area contributed by atoms with Crippen molar-refractivity contribution in [1.82, 2.24) is 10.2 Å². The van der Waals surface area contributed by atoms with Crippen LogP contribution in [0.1, 0.15) is 33.5 Å². The Kier molecular flexibility index (Phi) is 6.68. The fourth-order valence-electron chi connectivity index (χ4n) is 4.01. The zero-order valence-corrected chi connectivity index (χ0v) is 17.1. The van der Waals surface area contributed by atoms with Crippen LogP contribution in [0.25, 0.3) is 0 Å². The lowest BCUT2D eigenvalue weighted by Gasteiger charge is -2.36. The van der Waals surface area contributed by atoms with Gasteiger partial charge in [0.25, 0.3) is 5.91 Å². The molecule has 1 aliphatic heterocycles. The molecule has 0 bridgehead atoms. The smallest absolute Gasteiger partial charge is 0.251 e. The van der Waals surface area contributed by atoms with Crippen LogP contribution in [0, 0.1) is 26.6 Å². The molecule has 1 N–H and O–H groups in total. The molecule has 1 heterocycles. The largest absolute Gasteiger partial charge is 0.369 e. The van der Waals surface area contributed by atoms with Gasteiger partial charge in [-0.05, 0) is 69.1 Å². The number of nitrogens with one attached hydrogen (secondary N) is 1. The molecule has 0 aromatic heterocycles. The molecule has 150 valence electrons. The number of amides is 1. The number of halogens is 1. The average Bonchev–Trinajstić information content (AvgIpc) is 2.65. The Labute approximate surface area is 167 Å². The van der Waals surface area contributed by atoms with Crippen LogP contribution in [0.5, 0.6) is 0 Å². The highest BCUT2D eigenvalue weighted by molar-refractivity contribution is 5.97. The molecule has 1 fully saturated rings. The van der Waals surface area contributed by atoms with E-state index >= 15 is 0 Å². The predicted molar refractivity (Wildman–Crippen MR) is 113 cm³/mol. The van der Waals surface area contributed by atoms with Crippen LogP contribution in [0.3, 0.4) is 0 Å². The summed E-state index contributed by atoms with van der Waals surface area (Å²) in [4.78, 5) is 17.2. The topological polar surface area (TPSA) is 35.6 Å². The molecular weight excluding hydrogens is 353 g/mol. The van der Waals surface area contributed by atoms with Crippen LogP contribution in [0.4, 0.5) is 10.1 Å². The van der Waals surface area contributed by atoms with Crippen molar-refractivity contribution >= 4 is 11.6 Å². The quantitative estimate of drug-likeness (QED) is 0.773. The minimum Gasteiger partial charge on any atom is -0.369 e. The molecule has 0 saturated carbocycles. The van der Waals surface area contributed by atoms with Gasteiger partial charge < -0.3 is 10.2 Å². The van der Waals surface area contributed by atoms with Crippen LogP contribution in [-0.4, -0.2) is 50.1 Å². The van der Waals surface area contributed by atoms with Crippen LogP contribution in [0.2, 0.25) is 0 Å². The third-order valence-corrected chi connectivity index (χ3v) is 5.40. The van der Waals surface area contributed by atoms with Crippen molar-refractivity contribution in [3.05, 3.63) is 64.5 Å². The molecule has 0 spiro atoms. The van der Waals surface area contributed by atoms with Gasteiger partial charge in [0.05, 0.1) is 0 Å². The summed E-state index contributed by atoms with van der Waals surface area (Å²) in [6.07, 6.45) is 0.937. The van der Waals surface area contributed by atoms with E-state index in [1.807, 2.05) is 26.0 Å². The highest BCUT2D eigenvalue weighted by atomic mass is 19.1. The van der Waals surface area contributed by atoms with Crippen molar-refractivity contribution in [2.24, 2.45) is 0 Å². The van der Waals surface area contributed by atoms with Crippen molar-refractivity contribution in [1.29, 1.82) is 0 Å². The zero-order valence-electron chi connectivity index (χ0n) is 17.1. The number of carbonyl (C=O) groups excluding carboxylic acids is 1. The summed E-state index contributed by atoms with van der Waals surface area (Å²) in [5, 5.41) is 3.07. The first-order valence-corrected chi connectivity index (χ1v) is 10.0. The van der Waals surface area contributed by atoms with Crippen LogP contribution >= 0.6 is 0 Å². The molecule has 0 aliphatic carbocycles. The van der Waals surface area contributed by atoms with Crippen molar-refractivity contribution in [2.75, 3.05) is 44.2 Å². The summed E-state index contributed by atoms with van der Waals surface area (Å²) in [5.74, 6) is -0.170. The number of benzene rings is 2. The number of hydrogen-bond acceptors (Lipinski definition) is 3. The van der Waals surface area contributed by atoms with Crippen molar-refractivity contribution in [2.45, 2.75) is 27.2 Å². The second kappa shape index (κ2) is 9.20. The van der Waals surface area contributed by atoms with Gasteiger partial charge in [0.2, 0.25) is 0 Å². The first-order valence-electron chi connectivity index (χ1n) is 10.0. The van der Waals surface area contributed by atoms with Crippen molar-refractivity contribution < 1.29 is 9.18 Å². The number of aryl methyl sites for hydroxylation is 3. The van der Waals surface area contributed by atoms with Crippen LogP contribution in [-0.2, 0) is 0 Å². The monoisotopic (exact) mass is 383 g/mol. The fraction of sp³-hybridized carbons (Fsp3) is 0.435. The molecule has 1 aliphatic rings. The number of anilines is 1. The molecule has 0 atom stereocenters. The molecule has 2 aromatic carbocycles. The molecule has 1 amide bonds. The van der Waals surface area contributed by atoms with E-state index in [0.717, 1.165) is 61.5 Å². The lowest BCUT2D eigenvalue weighted by Crippen LogP contribution is -2.47. The van der Waals surface area contributed by atoms with Gasteiger partial charge in [0, 0.05) is 44.0 Å². The van der Waals surface area contributed by atoms with Crippen LogP contribution in [0.15, 0.2) is 36.4 Å². The van der Waals surface area contributed by atoms with Gasteiger partial charge >= 0.3 is 0 Å². The van der Waals surface area contributed by atoms with E-state index in [4.69, 9.17) is 0 Å². The summed E-state index contributed by atoms with van der Waals surface area (Å²) in [5.41, 5.74) is 5.14. The highest BCUT2D eigenvalue weighted by Gasteiger charge is 2.17. The summed E-state index contributed by atoms with van der Waals surface area (Å²) in [7, 11) is 0. The summed E-state index contributed by atoms with van der Waals surface area (Å²) in [6, 6.07) is 10.8. The van der Waals surface area contributed by atoms with Crippen molar-refractivity contribution in [3.63, 3.8) is 0 Å². The maximum atomic E-state index is 13.1. The Hall–Kier alpha value is -2.40. The third-order valence-electron chi connectivity index (χ3n) is 5.40. The SMILES string of the molecule is Cc1cc(C)c(C(=O)NCCCN2CCN(c3ccc(F)cc3)CC2)c(C)c1. The van der Waals surface area contributed by atoms with Gasteiger partial charge in [-0.15, -0.1) is 0 Å². The van der Waals surface area contributed by atoms with E-state index in [1.54, 1.807) is 0 Å². The molecule has 5 heteroatoms. The normalized spacial score (nSPS) is 14.9. The average molecular weight is 384 g/mol. The zero-order chi connectivity index (χ0) is 20.1. The molecule has 3 rings (SSSR count). The Bertz CT molecular complexity index is 788. The predicted octanol–water partition coefficient (Wildman–Crippen LogP) is 3.69. The number of nitrogens with zero attached hydrogens (tertiary/aromatic N) is 2. The van der Waals surface area contributed by atoms with Gasteiger partial charge in [-0.3, -0.25) is 9.69 Å². The van der Waals surface area contributed by atoms with Gasteiger partial charge in [-0.25, -0.2) is 4.39 Å². The molecule has 4 nitrogen and oxygen atoms in total. The standard InChI is InChI=1S/C23H30FN3O/c1-17-15-18(2)22(19(3)16-17)23(28)25-9-4-10-26-11-13-27(14-12-26)21-7-5-20(24)6-8-21/h5-8,15-16H,4,9-14H2,1-3H3,(H,25,28). The molecule has 2 aromatic rings. The van der Waals surface area contributed by atoms with E-state index in [-0.39, 0.29) is 11.7 Å². The number of piperazine rings is 1. The second-order valence-corrected chi connectivity index (χ2v) is 7.69. The molecular formula is C23H30FN3O. The van der Waals surface area contributed by atoms with E-state index in [9.17, 15) is 9.18 Å². The lowest BCUT2D eigenvalue weighted by molar-refractivity contribution is 0.0950. The lowest BCUT2D eigenvalue weighted by atomic mass is 9.99. The second-order valence-electron chi connectivity index (χ2n) is 7.69. The molecule has 28 heavy (non-hydrogen) atoms. The Balaban J connectivity index is 1.39. The van der Waals surface area contributed by atoms with Crippen LogP contribution < -0.4 is 10.2 Å².